The van der Waals surface area contributed by atoms with Gasteiger partial charge in [-0.2, -0.15) is 0 Å². The van der Waals surface area contributed by atoms with E-state index < -0.39 is 6.43 Å². The van der Waals surface area contributed by atoms with Gasteiger partial charge < -0.3 is 0 Å². The van der Waals surface area contributed by atoms with E-state index in [2.05, 4.69) is 17.0 Å². The quantitative estimate of drug-likeness (QED) is 0.795. The van der Waals surface area contributed by atoms with Crippen LogP contribution in [0, 0.1) is 0 Å². The van der Waals surface area contributed by atoms with E-state index >= 15 is 0 Å². The van der Waals surface area contributed by atoms with Crippen LogP contribution in [0.2, 0.25) is 0 Å². The highest BCUT2D eigenvalue weighted by Gasteiger charge is 2.19. The Balaban J connectivity index is 1.76. The summed E-state index contributed by atoms with van der Waals surface area (Å²) in [4.78, 5) is 4.16. The number of piperazine rings is 1. The number of hydrogen-bond acceptors (Lipinski definition) is 2. The largest absolute Gasteiger partial charge is 0.297 e. The second-order valence-corrected chi connectivity index (χ2v) is 4.45. The smallest absolute Gasteiger partial charge is 0.251 e. The zero-order valence-corrected chi connectivity index (χ0v) is 9.86. The van der Waals surface area contributed by atoms with E-state index in [9.17, 15) is 8.78 Å². The first-order valence-corrected chi connectivity index (χ1v) is 6.01. The van der Waals surface area contributed by atoms with Crippen molar-refractivity contribution in [3.63, 3.8) is 0 Å². The van der Waals surface area contributed by atoms with Gasteiger partial charge in [0.2, 0.25) is 0 Å². The molecule has 0 bridgehead atoms. The van der Waals surface area contributed by atoms with Gasteiger partial charge in [0.15, 0.2) is 0 Å². The molecule has 94 valence electrons. The number of alkyl halides is 2. The zero-order chi connectivity index (χ0) is 12.1. The van der Waals surface area contributed by atoms with E-state index in [1.807, 2.05) is 23.1 Å². The van der Waals surface area contributed by atoms with Crippen LogP contribution in [0.5, 0.6) is 0 Å². The van der Waals surface area contributed by atoms with E-state index in [0.29, 0.717) is 0 Å². The van der Waals surface area contributed by atoms with Gasteiger partial charge in [-0.3, -0.25) is 9.80 Å². The number of rotatable bonds is 4. The Morgan fingerprint density at radius 1 is 0.941 bits per heavy atom. The van der Waals surface area contributed by atoms with Crippen molar-refractivity contribution in [1.82, 2.24) is 9.80 Å². The summed E-state index contributed by atoms with van der Waals surface area (Å²) in [5.74, 6) is 0. The highest BCUT2D eigenvalue weighted by molar-refractivity contribution is 5.14. The SMILES string of the molecule is FC(F)CN1CCN(Cc2ccccc2)CC1. The maximum Gasteiger partial charge on any atom is 0.251 e. The Morgan fingerprint density at radius 3 is 2.12 bits per heavy atom. The third kappa shape index (κ3) is 4.06. The van der Waals surface area contributed by atoms with Gasteiger partial charge in [0, 0.05) is 32.7 Å². The molecule has 2 rings (SSSR count). The first-order valence-electron chi connectivity index (χ1n) is 6.01. The molecule has 1 aromatic rings. The Kier molecular flexibility index (Phi) is 4.45. The summed E-state index contributed by atoms with van der Waals surface area (Å²) >= 11 is 0. The van der Waals surface area contributed by atoms with Crippen molar-refractivity contribution in [2.24, 2.45) is 0 Å². The van der Waals surface area contributed by atoms with Crippen LogP contribution in [0.15, 0.2) is 30.3 Å². The molecule has 1 fully saturated rings. The lowest BCUT2D eigenvalue weighted by molar-refractivity contribution is 0.0543. The van der Waals surface area contributed by atoms with E-state index in [0.717, 1.165) is 32.7 Å². The third-order valence-corrected chi connectivity index (χ3v) is 3.11. The molecular weight excluding hydrogens is 222 g/mol. The summed E-state index contributed by atoms with van der Waals surface area (Å²) in [6, 6.07) is 10.3. The molecule has 1 saturated heterocycles. The molecule has 2 nitrogen and oxygen atoms in total. The Bertz CT molecular complexity index is 321. The molecule has 0 radical (unpaired) electrons. The molecule has 0 N–H and O–H groups in total. The first-order chi connectivity index (χ1) is 8.24. The fourth-order valence-corrected chi connectivity index (χ4v) is 2.17. The molecule has 0 aliphatic carbocycles. The summed E-state index contributed by atoms with van der Waals surface area (Å²) in [5.41, 5.74) is 1.29. The monoisotopic (exact) mass is 240 g/mol. The molecular formula is C13H18F2N2. The third-order valence-electron chi connectivity index (χ3n) is 3.11. The van der Waals surface area contributed by atoms with Crippen LogP contribution in [0.1, 0.15) is 5.56 Å². The van der Waals surface area contributed by atoms with Crippen molar-refractivity contribution < 1.29 is 8.78 Å². The van der Waals surface area contributed by atoms with Gasteiger partial charge in [0.1, 0.15) is 0 Å². The van der Waals surface area contributed by atoms with Crippen molar-refractivity contribution in [1.29, 1.82) is 0 Å². The van der Waals surface area contributed by atoms with Gasteiger partial charge in [-0.25, -0.2) is 8.78 Å². The molecule has 0 spiro atoms. The van der Waals surface area contributed by atoms with Crippen LogP contribution >= 0.6 is 0 Å². The van der Waals surface area contributed by atoms with Crippen LogP contribution in [-0.2, 0) is 6.54 Å². The van der Waals surface area contributed by atoms with Gasteiger partial charge in [-0.15, -0.1) is 0 Å². The lowest BCUT2D eigenvalue weighted by atomic mass is 10.2. The predicted molar refractivity (Wildman–Crippen MR) is 64.2 cm³/mol. The van der Waals surface area contributed by atoms with Gasteiger partial charge >= 0.3 is 0 Å². The topological polar surface area (TPSA) is 6.48 Å². The molecule has 0 unspecified atom stereocenters. The fraction of sp³-hybridized carbons (Fsp3) is 0.538. The second kappa shape index (κ2) is 6.07. The maximum absolute atomic E-state index is 12.2. The van der Waals surface area contributed by atoms with Crippen molar-refractivity contribution >= 4 is 0 Å². The molecule has 0 atom stereocenters. The van der Waals surface area contributed by atoms with Crippen LogP contribution in [0.25, 0.3) is 0 Å². The normalized spacial score (nSPS) is 18.8. The summed E-state index contributed by atoms with van der Waals surface area (Å²) in [7, 11) is 0. The summed E-state index contributed by atoms with van der Waals surface area (Å²) < 4.78 is 24.4. The molecule has 1 aliphatic heterocycles. The van der Waals surface area contributed by atoms with E-state index in [4.69, 9.17) is 0 Å². The lowest BCUT2D eigenvalue weighted by Gasteiger charge is -2.34. The minimum atomic E-state index is -2.21. The lowest BCUT2D eigenvalue weighted by Crippen LogP contribution is -2.47. The molecule has 17 heavy (non-hydrogen) atoms. The van der Waals surface area contributed by atoms with Crippen molar-refractivity contribution in [3.05, 3.63) is 35.9 Å². The fourth-order valence-electron chi connectivity index (χ4n) is 2.17. The molecule has 0 amide bonds. The van der Waals surface area contributed by atoms with Crippen molar-refractivity contribution in [2.45, 2.75) is 13.0 Å². The van der Waals surface area contributed by atoms with E-state index in [1.165, 1.54) is 5.56 Å². The Hall–Kier alpha value is -1.00. The van der Waals surface area contributed by atoms with Crippen molar-refractivity contribution in [3.8, 4) is 0 Å². The highest BCUT2D eigenvalue weighted by atomic mass is 19.3. The highest BCUT2D eigenvalue weighted by Crippen LogP contribution is 2.09. The summed E-state index contributed by atoms with van der Waals surface area (Å²) in [5, 5.41) is 0. The second-order valence-electron chi connectivity index (χ2n) is 4.45. The van der Waals surface area contributed by atoms with Crippen LogP contribution in [0.3, 0.4) is 0 Å². The molecule has 1 heterocycles. The van der Waals surface area contributed by atoms with Gasteiger partial charge in [0.25, 0.3) is 6.43 Å². The Labute approximate surface area is 101 Å². The number of halogens is 2. The average molecular weight is 240 g/mol. The first kappa shape index (κ1) is 12.5. The summed E-state index contributed by atoms with van der Waals surface area (Å²) in [6.45, 7) is 4.08. The minimum Gasteiger partial charge on any atom is -0.297 e. The van der Waals surface area contributed by atoms with E-state index in [-0.39, 0.29) is 6.54 Å². The number of benzene rings is 1. The molecule has 4 heteroatoms. The van der Waals surface area contributed by atoms with Gasteiger partial charge in [-0.05, 0) is 5.56 Å². The standard InChI is InChI=1S/C13H18F2N2/c14-13(15)11-17-8-6-16(7-9-17)10-12-4-2-1-3-5-12/h1-5,13H,6-11H2. The molecule has 0 saturated carbocycles. The number of nitrogens with zero attached hydrogens (tertiary/aromatic N) is 2. The zero-order valence-electron chi connectivity index (χ0n) is 9.86. The maximum atomic E-state index is 12.2. The average Bonchev–Trinajstić information content (AvgIpc) is 2.32. The predicted octanol–water partition coefficient (Wildman–Crippen LogP) is 2.07. The number of hydrogen-bond donors (Lipinski definition) is 0. The molecule has 0 aromatic heterocycles. The van der Waals surface area contributed by atoms with E-state index in [1.54, 1.807) is 0 Å². The van der Waals surface area contributed by atoms with Crippen LogP contribution < -0.4 is 0 Å². The van der Waals surface area contributed by atoms with Gasteiger partial charge in [-0.1, -0.05) is 30.3 Å². The van der Waals surface area contributed by atoms with Gasteiger partial charge in [0.05, 0.1) is 6.54 Å². The molecule has 1 aliphatic rings. The minimum absolute atomic E-state index is 0.0841. The Morgan fingerprint density at radius 2 is 1.53 bits per heavy atom. The molecule has 1 aromatic carbocycles. The van der Waals surface area contributed by atoms with Crippen LogP contribution in [0.4, 0.5) is 8.78 Å². The van der Waals surface area contributed by atoms with Crippen LogP contribution in [-0.4, -0.2) is 48.9 Å². The van der Waals surface area contributed by atoms with Crippen molar-refractivity contribution in [2.75, 3.05) is 32.7 Å². The summed E-state index contributed by atoms with van der Waals surface area (Å²) in [6.07, 6.45) is -2.21.